The fourth-order valence-electron chi connectivity index (χ4n) is 3.40. The van der Waals surface area contributed by atoms with E-state index < -0.39 is 5.91 Å². The Morgan fingerprint density at radius 3 is 2.62 bits per heavy atom. The first-order valence-electron chi connectivity index (χ1n) is 10.8. The highest BCUT2D eigenvalue weighted by Gasteiger charge is 2.25. The molecule has 0 fully saturated rings. The SMILES string of the molecule is CCCN(CCC)Cc1c(C(=O)N/N=C\c2cc(OC)ccc2OC)nnn1-c1nonc1N. The molecule has 3 aromatic rings. The fraction of sp³-hybridized carbons (Fsp3) is 0.429. The molecule has 1 amide bonds. The maximum absolute atomic E-state index is 13.0. The molecule has 0 saturated carbocycles. The number of hydrogen-bond donors (Lipinski definition) is 2. The highest BCUT2D eigenvalue weighted by molar-refractivity contribution is 5.94. The number of hydrazone groups is 1. The Kier molecular flexibility index (Phi) is 8.51. The molecular formula is C21H29N9O4. The first-order chi connectivity index (χ1) is 16.5. The summed E-state index contributed by atoms with van der Waals surface area (Å²) >= 11 is 0. The number of nitrogens with two attached hydrogens (primary N) is 1. The summed E-state index contributed by atoms with van der Waals surface area (Å²) in [6, 6.07) is 5.25. The minimum Gasteiger partial charge on any atom is -0.497 e. The van der Waals surface area contributed by atoms with Crippen molar-refractivity contribution in [2.24, 2.45) is 5.10 Å². The fourth-order valence-corrected chi connectivity index (χ4v) is 3.40. The number of nitrogen functional groups attached to an aromatic ring is 1. The van der Waals surface area contributed by atoms with Gasteiger partial charge in [-0.3, -0.25) is 9.69 Å². The Labute approximate surface area is 196 Å². The molecule has 0 spiro atoms. The van der Waals surface area contributed by atoms with Gasteiger partial charge in [-0.25, -0.2) is 10.1 Å². The minimum atomic E-state index is -0.540. The number of ether oxygens (including phenoxy) is 2. The zero-order valence-corrected chi connectivity index (χ0v) is 19.7. The predicted octanol–water partition coefficient (Wildman–Crippen LogP) is 1.64. The van der Waals surface area contributed by atoms with E-state index in [9.17, 15) is 4.79 Å². The summed E-state index contributed by atoms with van der Waals surface area (Å²) < 4.78 is 16.6. The third-order valence-electron chi connectivity index (χ3n) is 4.93. The molecule has 13 nitrogen and oxygen atoms in total. The maximum Gasteiger partial charge on any atom is 0.293 e. The lowest BCUT2D eigenvalue weighted by atomic mass is 10.2. The Hall–Kier alpha value is -4.00. The highest BCUT2D eigenvalue weighted by atomic mass is 16.6. The number of aromatic nitrogens is 5. The normalized spacial score (nSPS) is 11.3. The van der Waals surface area contributed by atoms with E-state index in [0.29, 0.717) is 29.3 Å². The number of benzene rings is 1. The molecule has 3 N–H and O–H groups in total. The molecule has 0 aliphatic heterocycles. The predicted molar refractivity (Wildman–Crippen MR) is 124 cm³/mol. The van der Waals surface area contributed by atoms with E-state index in [-0.39, 0.29) is 17.3 Å². The summed E-state index contributed by atoms with van der Waals surface area (Å²) in [5, 5.41) is 19.6. The van der Waals surface area contributed by atoms with Crippen molar-refractivity contribution in [3.63, 3.8) is 0 Å². The van der Waals surface area contributed by atoms with Gasteiger partial charge in [-0.15, -0.1) is 5.10 Å². The minimum absolute atomic E-state index is 0.0405. The summed E-state index contributed by atoms with van der Waals surface area (Å²) in [5.74, 6) is 0.874. The van der Waals surface area contributed by atoms with E-state index >= 15 is 0 Å². The number of carbonyl (C=O) groups is 1. The third-order valence-corrected chi connectivity index (χ3v) is 4.93. The van der Waals surface area contributed by atoms with E-state index in [4.69, 9.17) is 19.8 Å². The quantitative estimate of drug-likeness (QED) is 0.294. The lowest BCUT2D eigenvalue weighted by molar-refractivity contribution is 0.0947. The molecule has 2 aromatic heterocycles. The Morgan fingerprint density at radius 1 is 1.24 bits per heavy atom. The van der Waals surface area contributed by atoms with Crippen LogP contribution in [-0.2, 0) is 6.54 Å². The van der Waals surface area contributed by atoms with Crippen LogP contribution in [0.15, 0.2) is 27.9 Å². The molecular weight excluding hydrogens is 442 g/mol. The van der Waals surface area contributed by atoms with Crippen LogP contribution in [0, 0.1) is 0 Å². The van der Waals surface area contributed by atoms with Crippen molar-refractivity contribution >= 4 is 17.9 Å². The van der Waals surface area contributed by atoms with Crippen molar-refractivity contribution < 1.29 is 18.9 Å². The number of nitrogens with zero attached hydrogens (tertiary/aromatic N) is 7. The van der Waals surface area contributed by atoms with Crippen LogP contribution in [0.3, 0.4) is 0 Å². The molecule has 3 rings (SSSR count). The van der Waals surface area contributed by atoms with Gasteiger partial charge in [0.15, 0.2) is 5.69 Å². The van der Waals surface area contributed by atoms with Crippen LogP contribution < -0.4 is 20.6 Å². The van der Waals surface area contributed by atoms with Crippen molar-refractivity contribution in [1.82, 2.24) is 35.6 Å². The van der Waals surface area contributed by atoms with E-state index in [2.05, 4.69) is 49.9 Å². The second kappa shape index (κ2) is 11.7. The van der Waals surface area contributed by atoms with Crippen LogP contribution in [0.5, 0.6) is 11.5 Å². The Balaban J connectivity index is 1.88. The topological polar surface area (TPSA) is 159 Å². The van der Waals surface area contributed by atoms with Crippen molar-refractivity contribution in [3.8, 4) is 17.3 Å². The maximum atomic E-state index is 13.0. The van der Waals surface area contributed by atoms with Crippen molar-refractivity contribution in [3.05, 3.63) is 35.2 Å². The molecule has 2 heterocycles. The van der Waals surface area contributed by atoms with Crippen molar-refractivity contribution in [2.75, 3.05) is 33.0 Å². The Morgan fingerprint density at radius 2 is 2.00 bits per heavy atom. The number of amides is 1. The van der Waals surface area contributed by atoms with Gasteiger partial charge in [0.2, 0.25) is 11.6 Å². The summed E-state index contributed by atoms with van der Waals surface area (Å²) in [7, 11) is 3.11. The zero-order valence-electron chi connectivity index (χ0n) is 19.7. The van der Waals surface area contributed by atoms with E-state index in [1.165, 1.54) is 10.9 Å². The first kappa shape index (κ1) is 24.6. The van der Waals surface area contributed by atoms with Gasteiger partial charge in [0.25, 0.3) is 5.91 Å². The summed E-state index contributed by atoms with van der Waals surface area (Å²) in [4.78, 5) is 15.2. The van der Waals surface area contributed by atoms with Crippen LogP contribution in [0.4, 0.5) is 5.82 Å². The number of carbonyl (C=O) groups excluding carboxylic acids is 1. The van der Waals surface area contributed by atoms with Crippen LogP contribution >= 0.6 is 0 Å². The summed E-state index contributed by atoms with van der Waals surface area (Å²) in [6.07, 6.45) is 3.36. The van der Waals surface area contributed by atoms with Gasteiger partial charge in [0, 0.05) is 12.1 Å². The monoisotopic (exact) mass is 471 g/mol. The van der Waals surface area contributed by atoms with Gasteiger partial charge >= 0.3 is 0 Å². The van der Waals surface area contributed by atoms with Crippen LogP contribution in [0.2, 0.25) is 0 Å². The van der Waals surface area contributed by atoms with Crippen LogP contribution in [0.25, 0.3) is 5.82 Å². The van der Waals surface area contributed by atoms with Gasteiger partial charge in [-0.1, -0.05) is 19.1 Å². The van der Waals surface area contributed by atoms with Crippen LogP contribution in [0.1, 0.15) is 48.4 Å². The number of rotatable bonds is 12. The van der Waals surface area contributed by atoms with Gasteiger partial charge < -0.3 is 15.2 Å². The van der Waals surface area contributed by atoms with Crippen molar-refractivity contribution in [2.45, 2.75) is 33.2 Å². The van der Waals surface area contributed by atoms with E-state index in [1.807, 2.05) is 0 Å². The first-order valence-corrected chi connectivity index (χ1v) is 10.8. The average Bonchev–Trinajstić information content (AvgIpc) is 3.44. The van der Waals surface area contributed by atoms with Crippen LogP contribution in [-0.4, -0.2) is 69.6 Å². The number of anilines is 1. The molecule has 0 saturated heterocycles. The third kappa shape index (κ3) is 5.67. The Bertz CT molecular complexity index is 1120. The second-order valence-corrected chi connectivity index (χ2v) is 7.35. The number of hydrogen-bond acceptors (Lipinski definition) is 11. The molecule has 0 radical (unpaired) electrons. The molecule has 34 heavy (non-hydrogen) atoms. The summed E-state index contributed by atoms with van der Waals surface area (Å²) in [5.41, 5.74) is 9.57. The van der Waals surface area contributed by atoms with Gasteiger partial charge in [-0.05, 0) is 54.4 Å². The molecule has 0 atom stereocenters. The van der Waals surface area contributed by atoms with Gasteiger partial charge in [0.1, 0.15) is 11.5 Å². The number of nitrogens with one attached hydrogen (secondary N) is 1. The standard InChI is InChI=1S/C21H29N9O4/c1-5-9-29(10-6-2)13-16-18(24-28-30(16)20-19(22)26-34-27-20)21(31)25-23-12-14-11-15(32-3)7-8-17(14)33-4/h7-8,11-12H,5-6,9-10,13H2,1-4H3,(H2,22,26)(H,25,31)/b23-12-. The lowest BCUT2D eigenvalue weighted by Gasteiger charge is -2.21. The summed E-state index contributed by atoms with van der Waals surface area (Å²) in [6.45, 7) is 6.25. The van der Waals surface area contributed by atoms with E-state index in [1.54, 1.807) is 32.4 Å². The molecule has 0 unspecified atom stereocenters. The molecule has 182 valence electrons. The molecule has 13 heteroatoms. The van der Waals surface area contributed by atoms with Crippen molar-refractivity contribution in [1.29, 1.82) is 0 Å². The van der Waals surface area contributed by atoms with E-state index in [0.717, 1.165) is 25.9 Å². The lowest BCUT2D eigenvalue weighted by Crippen LogP contribution is -2.28. The average molecular weight is 472 g/mol. The number of methoxy groups -OCH3 is 2. The van der Waals surface area contributed by atoms with Gasteiger partial charge in [0.05, 0.1) is 26.1 Å². The molecule has 1 aromatic carbocycles. The largest absolute Gasteiger partial charge is 0.497 e. The van der Waals surface area contributed by atoms with Gasteiger partial charge in [-0.2, -0.15) is 9.78 Å². The smallest absolute Gasteiger partial charge is 0.293 e. The second-order valence-electron chi connectivity index (χ2n) is 7.35. The molecule has 0 aliphatic rings. The molecule has 0 bridgehead atoms. The highest BCUT2D eigenvalue weighted by Crippen LogP contribution is 2.22. The molecule has 0 aliphatic carbocycles. The zero-order chi connectivity index (χ0) is 24.5.